The highest BCUT2D eigenvalue weighted by Gasteiger charge is 2.30. The van der Waals surface area contributed by atoms with E-state index in [1.807, 2.05) is 30.3 Å². The molecule has 1 aliphatic heterocycles. The molecule has 0 spiro atoms. The third-order valence-corrected chi connectivity index (χ3v) is 5.62. The summed E-state index contributed by atoms with van der Waals surface area (Å²) in [6.45, 7) is 2.60. The number of hydrogen-bond acceptors (Lipinski definition) is 2. The zero-order valence-corrected chi connectivity index (χ0v) is 16.1. The minimum atomic E-state index is 0.0946. The lowest BCUT2D eigenvalue weighted by molar-refractivity contribution is -0.946. The number of amides is 1. The summed E-state index contributed by atoms with van der Waals surface area (Å²) in [4.78, 5) is 13.9. The molecule has 1 aliphatic rings. The molecule has 1 unspecified atom stereocenters. The molecular weight excluding hydrogens is 348 g/mol. The fraction of sp³-hybridized carbons (Fsp3) is 0.292. The van der Waals surface area contributed by atoms with Crippen molar-refractivity contribution < 1.29 is 14.1 Å². The minimum absolute atomic E-state index is 0.0946. The van der Waals surface area contributed by atoms with Gasteiger partial charge < -0.3 is 14.6 Å². The lowest BCUT2D eigenvalue weighted by atomic mass is 9.98. The maximum Gasteiger partial charge on any atom is 0.220 e. The Morgan fingerprint density at radius 1 is 1.00 bits per heavy atom. The van der Waals surface area contributed by atoms with Crippen molar-refractivity contribution in [2.75, 3.05) is 13.1 Å². The number of nitrogens with one attached hydrogen (secondary N) is 2. The Balaban J connectivity index is 1.38. The molecule has 144 valence electrons. The smallest absolute Gasteiger partial charge is 0.220 e. The van der Waals surface area contributed by atoms with Crippen LogP contribution in [0.3, 0.4) is 0 Å². The number of quaternary nitrogens is 1. The second kappa shape index (κ2) is 8.89. The predicted molar refractivity (Wildman–Crippen MR) is 109 cm³/mol. The first kappa shape index (κ1) is 18.5. The van der Waals surface area contributed by atoms with Crippen LogP contribution in [0.4, 0.5) is 0 Å². The zero-order chi connectivity index (χ0) is 19.2. The Kier molecular flexibility index (Phi) is 5.88. The lowest BCUT2D eigenvalue weighted by Crippen LogP contribution is -3.12. The molecule has 0 saturated heterocycles. The van der Waals surface area contributed by atoms with E-state index in [1.54, 1.807) is 6.26 Å². The molecule has 2 aromatic carbocycles. The van der Waals surface area contributed by atoms with E-state index in [1.165, 1.54) is 21.6 Å². The van der Waals surface area contributed by atoms with E-state index in [0.717, 1.165) is 31.7 Å². The molecule has 28 heavy (non-hydrogen) atoms. The summed E-state index contributed by atoms with van der Waals surface area (Å²) < 4.78 is 5.73. The molecule has 2 N–H and O–H groups in total. The number of carbonyl (C=O) groups excluding carboxylic acids is 1. The summed E-state index contributed by atoms with van der Waals surface area (Å²) in [6, 6.07) is 22.9. The van der Waals surface area contributed by atoms with Gasteiger partial charge in [-0.1, -0.05) is 54.6 Å². The zero-order valence-electron chi connectivity index (χ0n) is 16.1. The van der Waals surface area contributed by atoms with Crippen molar-refractivity contribution in [1.82, 2.24) is 5.32 Å². The number of benzene rings is 2. The van der Waals surface area contributed by atoms with Crippen LogP contribution in [0.15, 0.2) is 77.4 Å². The number of hydrogen-bond donors (Lipinski definition) is 2. The van der Waals surface area contributed by atoms with Crippen molar-refractivity contribution in [3.8, 4) is 0 Å². The highest BCUT2D eigenvalue weighted by molar-refractivity contribution is 5.76. The largest absolute Gasteiger partial charge is 0.463 e. The first-order valence-corrected chi connectivity index (χ1v) is 10.0. The van der Waals surface area contributed by atoms with Crippen LogP contribution in [-0.4, -0.2) is 19.0 Å². The first-order valence-electron chi connectivity index (χ1n) is 10.0. The van der Waals surface area contributed by atoms with Gasteiger partial charge >= 0.3 is 0 Å². The van der Waals surface area contributed by atoms with Gasteiger partial charge in [0.2, 0.25) is 5.91 Å². The first-order chi connectivity index (χ1) is 13.8. The topological polar surface area (TPSA) is 46.7 Å². The van der Waals surface area contributed by atoms with Crippen molar-refractivity contribution in [1.29, 1.82) is 0 Å². The van der Waals surface area contributed by atoms with Gasteiger partial charge in [0.05, 0.1) is 19.4 Å². The summed E-state index contributed by atoms with van der Waals surface area (Å²) in [5.41, 5.74) is 4.03. The van der Waals surface area contributed by atoms with E-state index in [-0.39, 0.29) is 11.9 Å². The molecule has 0 aliphatic carbocycles. The summed E-state index contributed by atoms with van der Waals surface area (Å²) in [5, 5.41) is 3.14. The van der Waals surface area contributed by atoms with Crippen LogP contribution in [0.1, 0.15) is 34.9 Å². The van der Waals surface area contributed by atoms with Crippen LogP contribution in [0.2, 0.25) is 0 Å². The highest BCUT2D eigenvalue weighted by Crippen LogP contribution is 2.15. The van der Waals surface area contributed by atoms with Gasteiger partial charge in [-0.15, -0.1) is 0 Å². The Bertz CT molecular complexity index is 890. The summed E-state index contributed by atoms with van der Waals surface area (Å²) >= 11 is 0. The van der Waals surface area contributed by atoms with Crippen molar-refractivity contribution in [2.24, 2.45) is 0 Å². The molecule has 0 bridgehead atoms. The Hall–Kier alpha value is -2.85. The van der Waals surface area contributed by atoms with Crippen LogP contribution < -0.4 is 10.2 Å². The van der Waals surface area contributed by atoms with Crippen LogP contribution in [0, 0.1) is 0 Å². The van der Waals surface area contributed by atoms with Gasteiger partial charge in [0.15, 0.2) is 11.8 Å². The molecule has 1 aromatic heterocycles. The SMILES string of the molecule is O=C(CCc1ccccc1)NC[C@H](c1ccco1)[NH+]1CCc2ccccc2C1. The Labute approximate surface area is 166 Å². The quantitative estimate of drug-likeness (QED) is 0.667. The number of rotatable bonds is 7. The van der Waals surface area contributed by atoms with Gasteiger partial charge in [0.1, 0.15) is 6.54 Å². The van der Waals surface area contributed by atoms with Gasteiger partial charge in [0.25, 0.3) is 0 Å². The third kappa shape index (κ3) is 4.52. The van der Waals surface area contributed by atoms with Crippen LogP contribution in [0.5, 0.6) is 0 Å². The van der Waals surface area contributed by atoms with Gasteiger partial charge in [-0.05, 0) is 29.7 Å². The molecule has 4 heteroatoms. The maximum absolute atomic E-state index is 12.4. The van der Waals surface area contributed by atoms with Gasteiger partial charge in [-0.2, -0.15) is 0 Å². The highest BCUT2D eigenvalue weighted by atomic mass is 16.3. The maximum atomic E-state index is 12.4. The molecule has 1 amide bonds. The van der Waals surface area contributed by atoms with E-state index in [2.05, 4.69) is 41.7 Å². The third-order valence-electron chi connectivity index (χ3n) is 5.62. The van der Waals surface area contributed by atoms with Gasteiger partial charge in [-0.25, -0.2) is 0 Å². The molecule has 4 rings (SSSR count). The second-order valence-electron chi connectivity index (χ2n) is 7.46. The van der Waals surface area contributed by atoms with Crippen LogP contribution in [0.25, 0.3) is 0 Å². The van der Waals surface area contributed by atoms with E-state index in [4.69, 9.17) is 4.42 Å². The molecule has 4 nitrogen and oxygen atoms in total. The molecular formula is C24H27N2O2+. The minimum Gasteiger partial charge on any atom is -0.463 e. The van der Waals surface area contributed by atoms with Crippen molar-refractivity contribution in [3.05, 3.63) is 95.4 Å². The van der Waals surface area contributed by atoms with E-state index >= 15 is 0 Å². The fourth-order valence-electron chi connectivity index (χ4n) is 4.04. The lowest BCUT2D eigenvalue weighted by Gasteiger charge is -2.31. The predicted octanol–water partition coefficient (Wildman–Crippen LogP) is 2.71. The number of carbonyl (C=O) groups is 1. The van der Waals surface area contributed by atoms with E-state index in [9.17, 15) is 4.79 Å². The molecule has 0 saturated carbocycles. The number of fused-ring (bicyclic) bond motifs is 1. The molecule has 2 heterocycles. The molecule has 0 fully saturated rings. The average molecular weight is 375 g/mol. The van der Waals surface area contributed by atoms with Crippen molar-refractivity contribution in [2.45, 2.75) is 31.8 Å². The average Bonchev–Trinajstić information content (AvgIpc) is 3.27. The van der Waals surface area contributed by atoms with Gasteiger partial charge in [0, 0.05) is 18.4 Å². The van der Waals surface area contributed by atoms with Crippen LogP contribution in [-0.2, 0) is 24.2 Å². The van der Waals surface area contributed by atoms with E-state index < -0.39 is 0 Å². The molecule has 2 atom stereocenters. The molecule has 0 radical (unpaired) electrons. The number of furan rings is 1. The summed E-state index contributed by atoms with van der Waals surface area (Å²) in [7, 11) is 0. The van der Waals surface area contributed by atoms with Gasteiger partial charge in [-0.3, -0.25) is 4.79 Å². The molecule has 3 aromatic rings. The van der Waals surface area contributed by atoms with Crippen molar-refractivity contribution >= 4 is 5.91 Å². The number of aryl methyl sites for hydroxylation is 1. The summed E-state index contributed by atoms with van der Waals surface area (Å²) in [6.07, 6.45) is 4.05. The normalized spacial score (nSPS) is 16.9. The van der Waals surface area contributed by atoms with Crippen molar-refractivity contribution in [3.63, 3.8) is 0 Å². The fourth-order valence-corrected chi connectivity index (χ4v) is 4.04. The second-order valence-corrected chi connectivity index (χ2v) is 7.46. The van der Waals surface area contributed by atoms with Crippen LogP contribution >= 0.6 is 0 Å². The Morgan fingerprint density at radius 2 is 1.79 bits per heavy atom. The van der Waals surface area contributed by atoms with E-state index in [0.29, 0.717) is 13.0 Å². The Morgan fingerprint density at radius 3 is 2.57 bits per heavy atom. The standard InChI is InChI=1S/C24H26N2O2/c27-24(13-12-19-7-2-1-3-8-19)25-17-22(23-11-6-16-28-23)26-15-14-20-9-4-5-10-21(20)18-26/h1-11,16,22H,12-15,17-18H2,(H,25,27)/p+1/t22-/m1/s1. The monoisotopic (exact) mass is 375 g/mol. The summed E-state index contributed by atoms with van der Waals surface area (Å²) in [5.74, 6) is 1.04.